The van der Waals surface area contributed by atoms with Crippen molar-refractivity contribution in [1.82, 2.24) is 15.0 Å². The Hall–Kier alpha value is -2.16. The van der Waals surface area contributed by atoms with Crippen LogP contribution < -0.4 is 16.4 Å². The lowest BCUT2D eigenvalue weighted by Gasteiger charge is -2.12. The molecule has 0 saturated carbocycles. The molecule has 1 rings (SSSR count). The van der Waals surface area contributed by atoms with Gasteiger partial charge in [0, 0.05) is 7.05 Å². The van der Waals surface area contributed by atoms with Gasteiger partial charge in [-0.25, -0.2) is 9.59 Å². The molecule has 19 heavy (non-hydrogen) atoms. The number of amides is 3. The van der Waals surface area contributed by atoms with E-state index in [-0.39, 0.29) is 10.6 Å². The van der Waals surface area contributed by atoms with E-state index in [2.05, 4.69) is 9.69 Å². The molecule has 0 saturated heterocycles. The van der Waals surface area contributed by atoms with Gasteiger partial charge in [-0.15, -0.1) is 0 Å². The van der Waals surface area contributed by atoms with Crippen molar-refractivity contribution in [2.24, 2.45) is 0 Å². The SMILES string of the molecule is CNC(=O)NC(=O)[C@@H](C)OC(=O)c1c(C)nsc1N. The Kier molecular flexibility index (Phi) is 4.81. The summed E-state index contributed by atoms with van der Waals surface area (Å²) in [5, 5.41) is 4.43. The molecule has 104 valence electrons. The van der Waals surface area contributed by atoms with E-state index in [0.29, 0.717) is 5.69 Å². The number of carbonyl (C=O) groups is 3. The molecule has 0 aliphatic heterocycles. The fourth-order valence-corrected chi connectivity index (χ4v) is 1.83. The maximum Gasteiger partial charge on any atom is 0.343 e. The first-order valence-electron chi connectivity index (χ1n) is 5.32. The Labute approximate surface area is 113 Å². The summed E-state index contributed by atoms with van der Waals surface area (Å²) < 4.78 is 8.82. The van der Waals surface area contributed by atoms with Gasteiger partial charge in [0.25, 0.3) is 5.91 Å². The van der Waals surface area contributed by atoms with Gasteiger partial charge < -0.3 is 15.8 Å². The van der Waals surface area contributed by atoms with E-state index in [0.717, 1.165) is 11.5 Å². The predicted molar refractivity (Wildman–Crippen MR) is 68.7 cm³/mol. The number of nitrogens with one attached hydrogen (secondary N) is 2. The van der Waals surface area contributed by atoms with E-state index in [1.165, 1.54) is 14.0 Å². The zero-order valence-electron chi connectivity index (χ0n) is 10.6. The van der Waals surface area contributed by atoms with Gasteiger partial charge in [-0.1, -0.05) is 0 Å². The predicted octanol–water partition coefficient (Wildman–Crippen LogP) is 0.0346. The number of urea groups is 1. The van der Waals surface area contributed by atoms with Gasteiger partial charge in [0.1, 0.15) is 10.6 Å². The third-order valence-corrected chi connectivity index (χ3v) is 2.98. The summed E-state index contributed by atoms with van der Waals surface area (Å²) in [7, 11) is 1.36. The fraction of sp³-hybridized carbons (Fsp3) is 0.400. The van der Waals surface area contributed by atoms with E-state index >= 15 is 0 Å². The van der Waals surface area contributed by atoms with Crippen molar-refractivity contribution in [3.63, 3.8) is 0 Å². The third-order valence-electron chi connectivity index (χ3n) is 2.21. The first-order valence-corrected chi connectivity index (χ1v) is 6.09. The van der Waals surface area contributed by atoms with Crippen molar-refractivity contribution < 1.29 is 19.1 Å². The first kappa shape index (κ1) is 14.9. The second-order valence-corrected chi connectivity index (χ2v) is 4.43. The van der Waals surface area contributed by atoms with Gasteiger partial charge >= 0.3 is 12.0 Å². The van der Waals surface area contributed by atoms with Crippen LogP contribution in [0.1, 0.15) is 23.0 Å². The molecule has 3 amide bonds. The topological polar surface area (TPSA) is 123 Å². The Balaban J connectivity index is 2.67. The summed E-state index contributed by atoms with van der Waals surface area (Å²) in [6.45, 7) is 2.96. The highest BCUT2D eigenvalue weighted by atomic mass is 32.1. The van der Waals surface area contributed by atoms with Crippen LogP contribution in [0.4, 0.5) is 9.80 Å². The van der Waals surface area contributed by atoms with Crippen LogP contribution in [0.2, 0.25) is 0 Å². The maximum absolute atomic E-state index is 11.8. The summed E-state index contributed by atoms with van der Waals surface area (Å²) in [4.78, 5) is 34.2. The second kappa shape index (κ2) is 6.14. The van der Waals surface area contributed by atoms with Crippen LogP contribution in [0, 0.1) is 6.92 Å². The molecule has 0 radical (unpaired) electrons. The number of hydrogen-bond acceptors (Lipinski definition) is 7. The van der Waals surface area contributed by atoms with Crippen molar-refractivity contribution >= 4 is 34.4 Å². The quantitative estimate of drug-likeness (QED) is 0.674. The minimum atomic E-state index is -1.12. The minimum absolute atomic E-state index is 0.143. The van der Waals surface area contributed by atoms with Gasteiger partial charge in [0.2, 0.25) is 0 Å². The lowest BCUT2D eigenvalue weighted by Crippen LogP contribution is -2.43. The van der Waals surface area contributed by atoms with Crippen LogP contribution in [0.3, 0.4) is 0 Å². The van der Waals surface area contributed by atoms with Crippen LogP contribution in [-0.2, 0) is 9.53 Å². The van der Waals surface area contributed by atoms with Gasteiger partial charge in [-0.05, 0) is 25.4 Å². The third kappa shape index (κ3) is 3.65. The number of nitrogens with two attached hydrogens (primary N) is 1. The largest absolute Gasteiger partial charge is 0.449 e. The van der Waals surface area contributed by atoms with Crippen LogP contribution in [-0.4, -0.2) is 35.4 Å². The van der Waals surface area contributed by atoms with Gasteiger partial charge in [0.05, 0.1) is 5.69 Å². The standard InChI is InChI=1S/C10H14N4O4S/c1-4-6(7(11)19-14-4)9(16)18-5(2)8(15)13-10(17)12-3/h5H,11H2,1-3H3,(H2,12,13,15,17)/t5-/m1/s1. The lowest BCUT2D eigenvalue weighted by atomic mass is 10.2. The van der Waals surface area contributed by atoms with Crippen LogP contribution in [0.15, 0.2) is 0 Å². The van der Waals surface area contributed by atoms with Crippen molar-refractivity contribution in [2.45, 2.75) is 20.0 Å². The highest BCUT2D eigenvalue weighted by molar-refractivity contribution is 7.10. The molecule has 0 aromatic carbocycles. The summed E-state index contributed by atoms with van der Waals surface area (Å²) in [5.74, 6) is -1.48. The van der Waals surface area contributed by atoms with Crippen molar-refractivity contribution in [3.8, 4) is 0 Å². The van der Waals surface area contributed by atoms with Gasteiger partial charge in [-0.2, -0.15) is 4.37 Å². The van der Waals surface area contributed by atoms with E-state index in [1.807, 2.05) is 5.32 Å². The number of ether oxygens (including phenoxy) is 1. The van der Waals surface area contributed by atoms with Gasteiger partial charge in [0.15, 0.2) is 6.10 Å². The highest BCUT2D eigenvalue weighted by Crippen LogP contribution is 2.21. The Morgan fingerprint density at radius 1 is 1.42 bits per heavy atom. The number of rotatable bonds is 3. The van der Waals surface area contributed by atoms with Crippen LogP contribution in [0.5, 0.6) is 0 Å². The zero-order chi connectivity index (χ0) is 14.6. The molecule has 9 heteroatoms. The molecule has 0 spiro atoms. The molecule has 1 atom stereocenters. The average molecular weight is 286 g/mol. The Bertz CT molecular complexity index is 494. The van der Waals surface area contributed by atoms with E-state index in [1.54, 1.807) is 6.92 Å². The molecular formula is C10H14N4O4S. The molecule has 4 N–H and O–H groups in total. The molecule has 1 aromatic heterocycles. The maximum atomic E-state index is 11.8. The fourth-order valence-electron chi connectivity index (χ4n) is 1.18. The minimum Gasteiger partial charge on any atom is -0.449 e. The Morgan fingerprint density at radius 3 is 2.53 bits per heavy atom. The number of aromatic nitrogens is 1. The first-order chi connectivity index (χ1) is 8.86. The summed E-state index contributed by atoms with van der Waals surface area (Å²) >= 11 is 0.971. The molecule has 1 heterocycles. The molecule has 0 unspecified atom stereocenters. The summed E-state index contributed by atoms with van der Waals surface area (Å²) in [6.07, 6.45) is -1.12. The van der Waals surface area contributed by atoms with E-state index in [4.69, 9.17) is 10.5 Å². The molecular weight excluding hydrogens is 272 g/mol. The molecule has 0 fully saturated rings. The van der Waals surface area contributed by atoms with Crippen molar-refractivity contribution in [1.29, 1.82) is 0 Å². The molecule has 1 aromatic rings. The number of imide groups is 1. The molecule has 0 aliphatic rings. The van der Waals surface area contributed by atoms with Crippen LogP contribution in [0.25, 0.3) is 0 Å². The number of nitrogens with zero attached hydrogens (tertiary/aromatic N) is 1. The number of nitrogen functional groups attached to an aromatic ring is 1. The Morgan fingerprint density at radius 2 is 2.05 bits per heavy atom. The molecule has 0 bridgehead atoms. The highest BCUT2D eigenvalue weighted by Gasteiger charge is 2.24. The van der Waals surface area contributed by atoms with E-state index in [9.17, 15) is 14.4 Å². The van der Waals surface area contributed by atoms with Crippen LogP contribution >= 0.6 is 11.5 Å². The summed E-state index contributed by atoms with van der Waals surface area (Å²) in [6, 6.07) is -0.680. The van der Waals surface area contributed by atoms with E-state index < -0.39 is 24.0 Å². The molecule has 8 nitrogen and oxygen atoms in total. The number of esters is 1. The van der Waals surface area contributed by atoms with Crippen molar-refractivity contribution in [3.05, 3.63) is 11.3 Å². The second-order valence-electron chi connectivity index (χ2n) is 3.62. The summed E-state index contributed by atoms with van der Waals surface area (Å²) in [5.41, 5.74) is 6.17. The number of carbonyl (C=O) groups excluding carboxylic acids is 3. The average Bonchev–Trinajstić information content (AvgIpc) is 2.68. The molecule has 0 aliphatic carbocycles. The number of anilines is 1. The van der Waals surface area contributed by atoms with Gasteiger partial charge in [-0.3, -0.25) is 10.1 Å². The lowest BCUT2D eigenvalue weighted by molar-refractivity contribution is -0.127. The number of aryl methyl sites for hydroxylation is 1. The zero-order valence-corrected chi connectivity index (χ0v) is 11.5. The number of hydrogen-bond donors (Lipinski definition) is 3. The smallest absolute Gasteiger partial charge is 0.343 e. The van der Waals surface area contributed by atoms with Crippen molar-refractivity contribution in [2.75, 3.05) is 12.8 Å². The normalized spacial score (nSPS) is 11.5. The monoisotopic (exact) mass is 286 g/mol.